The monoisotopic (exact) mass is 300 g/mol. The molecule has 0 radical (unpaired) electrons. The van der Waals surface area contributed by atoms with E-state index in [1.807, 2.05) is 0 Å². The normalized spacial score (nSPS) is 15.6. The van der Waals surface area contributed by atoms with Crippen molar-refractivity contribution in [2.45, 2.75) is 18.9 Å². The first-order valence-electron chi connectivity index (χ1n) is 6.80. The summed E-state index contributed by atoms with van der Waals surface area (Å²) in [6.45, 7) is 0.755. The second-order valence-electron chi connectivity index (χ2n) is 5.09. The summed E-state index contributed by atoms with van der Waals surface area (Å²) in [6.07, 6.45) is 1.51. The first kappa shape index (κ1) is 15.7. The van der Waals surface area contributed by atoms with Crippen molar-refractivity contribution in [3.63, 3.8) is 0 Å². The molecule has 7 heteroatoms. The van der Waals surface area contributed by atoms with Crippen LogP contribution < -0.4 is 10.6 Å². The molecule has 2 rings (SSSR count). The van der Waals surface area contributed by atoms with E-state index >= 15 is 0 Å². The van der Waals surface area contributed by atoms with Crippen molar-refractivity contribution >= 4 is 11.7 Å². The Hall–Kier alpha value is -1.73. The lowest BCUT2D eigenvalue weighted by Gasteiger charge is -2.13. The summed E-state index contributed by atoms with van der Waals surface area (Å²) in [7, 11) is 0. The molecular weight excluding hydrogens is 282 g/mol. The van der Waals surface area contributed by atoms with Crippen LogP contribution >= 0.6 is 0 Å². The number of rotatable bonds is 7. The fourth-order valence-corrected chi connectivity index (χ4v) is 1.68. The van der Waals surface area contributed by atoms with Gasteiger partial charge in [-0.1, -0.05) is 0 Å². The maximum atomic E-state index is 13.3. The molecule has 0 bridgehead atoms. The van der Waals surface area contributed by atoms with Crippen molar-refractivity contribution in [2.75, 3.05) is 25.1 Å². The number of urea groups is 1. The third-order valence-corrected chi connectivity index (χ3v) is 3.04. The minimum Gasteiger partial charge on any atom is -0.389 e. The van der Waals surface area contributed by atoms with Crippen LogP contribution in [-0.2, 0) is 4.74 Å². The molecule has 0 aromatic heterocycles. The zero-order valence-corrected chi connectivity index (χ0v) is 11.4. The third kappa shape index (κ3) is 5.65. The zero-order chi connectivity index (χ0) is 15.2. The number of anilines is 1. The van der Waals surface area contributed by atoms with Gasteiger partial charge in [0.05, 0.1) is 18.4 Å². The summed E-state index contributed by atoms with van der Waals surface area (Å²) < 4.78 is 31.3. The summed E-state index contributed by atoms with van der Waals surface area (Å²) in [5.41, 5.74) is -0.131. The van der Waals surface area contributed by atoms with Crippen LogP contribution in [0.15, 0.2) is 18.2 Å². The molecule has 5 nitrogen and oxygen atoms in total. The Morgan fingerprint density at radius 1 is 1.43 bits per heavy atom. The summed E-state index contributed by atoms with van der Waals surface area (Å²) in [6, 6.07) is 2.16. The Morgan fingerprint density at radius 3 is 2.86 bits per heavy atom. The van der Waals surface area contributed by atoms with Gasteiger partial charge in [-0.15, -0.1) is 0 Å². The number of aliphatic hydroxyl groups excluding tert-OH is 1. The number of carbonyl (C=O) groups excluding carboxylic acids is 1. The molecule has 0 spiro atoms. The first-order valence-corrected chi connectivity index (χ1v) is 6.80. The molecule has 1 atom stereocenters. The van der Waals surface area contributed by atoms with E-state index in [0.717, 1.165) is 12.1 Å². The highest BCUT2D eigenvalue weighted by atomic mass is 19.1. The Kier molecular flexibility index (Phi) is 5.46. The number of hydrogen-bond donors (Lipinski definition) is 3. The standard InChI is InChI=1S/C14H18F2N2O3/c15-10-3-4-13(12(16)5-10)18-14(20)17-6-11(19)8-21-7-9-1-2-9/h3-5,9,11,19H,1-2,6-8H2,(H2,17,18,20). The van der Waals surface area contributed by atoms with Gasteiger partial charge in [0.15, 0.2) is 0 Å². The number of amides is 2. The predicted octanol–water partition coefficient (Wildman–Crippen LogP) is 1.87. The van der Waals surface area contributed by atoms with Crippen LogP contribution in [0.3, 0.4) is 0 Å². The van der Waals surface area contributed by atoms with Crippen LogP contribution in [0.4, 0.5) is 19.3 Å². The van der Waals surface area contributed by atoms with E-state index in [4.69, 9.17) is 4.74 Å². The molecule has 1 aromatic carbocycles. The van der Waals surface area contributed by atoms with Crippen molar-refractivity contribution in [1.82, 2.24) is 5.32 Å². The fourth-order valence-electron chi connectivity index (χ4n) is 1.68. The van der Waals surface area contributed by atoms with Crippen molar-refractivity contribution in [1.29, 1.82) is 0 Å². The molecule has 0 heterocycles. The van der Waals surface area contributed by atoms with Gasteiger partial charge in [-0.05, 0) is 30.9 Å². The highest BCUT2D eigenvalue weighted by Gasteiger charge is 2.21. The van der Waals surface area contributed by atoms with E-state index in [9.17, 15) is 18.7 Å². The number of halogens is 2. The molecule has 1 unspecified atom stereocenters. The molecule has 1 saturated carbocycles. The van der Waals surface area contributed by atoms with Crippen molar-refractivity contribution < 1.29 is 23.4 Å². The summed E-state index contributed by atoms with van der Waals surface area (Å²) in [5, 5.41) is 14.2. The van der Waals surface area contributed by atoms with E-state index in [1.54, 1.807) is 0 Å². The molecular formula is C14H18F2N2O3. The summed E-state index contributed by atoms with van der Waals surface area (Å²) in [4.78, 5) is 11.5. The van der Waals surface area contributed by atoms with Gasteiger partial charge in [0.25, 0.3) is 0 Å². The number of benzene rings is 1. The second-order valence-corrected chi connectivity index (χ2v) is 5.09. The molecule has 1 fully saturated rings. The molecule has 0 aliphatic heterocycles. The van der Waals surface area contributed by atoms with E-state index < -0.39 is 23.8 Å². The SMILES string of the molecule is O=C(NCC(O)COCC1CC1)Nc1ccc(F)cc1F. The molecule has 3 N–H and O–H groups in total. The van der Waals surface area contributed by atoms with Gasteiger partial charge in [-0.25, -0.2) is 13.6 Å². The van der Waals surface area contributed by atoms with Crippen molar-refractivity contribution in [3.05, 3.63) is 29.8 Å². The highest BCUT2D eigenvalue weighted by Crippen LogP contribution is 2.28. The number of ether oxygens (including phenoxy) is 1. The predicted molar refractivity (Wildman–Crippen MR) is 72.9 cm³/mol. The highest BCUT2D eigenvalue weighted by molar-refractivity contribution is 5.89. The van der Waals surface area contributed by atoms with Crippen LogP contribution in [0, 0.1) is 17.6 Å². The molecule has 1 aliphatic rings. The Morgan fingerprint density at radius 2 is 2.19 bits per heavy atom. The minimum absolute atomic E-state index is 0.0146. The third-order valence-electron chi connectivity index (χ3n) is 3.04. The summed E-state index contributed by atoms with van der Waals surface area (Å²) in [5.74, 6) is -0.977. The molecule has 21 heavy (non-hydrogen) atoms. The first-order chi connectivity index (χ1) is 10.0. The largest absolute Gasteiger partial charge is 0.389 e. The topological polar surface area (TPSA) is 70.6 Å². The number of aliphatic hydroxyl groups is 1. The lowest BCUT2D eigenvalue weighted by Crippen LogP contribution is -2.37. The van der Waals surface area contributed by atoms with Gasteiger partial charge in [0, 0.05) is 19.2 Å². The Balaban J connectivity index is 1.66. The lowest BCUT2D eigenvalue weighted by molar-refractivity contribution is 0.0339. The van der Waals surface area contributed by atoms with Gasteiger partial charge in [0.1, 0.15) is 11.6 Å². The van der Waals surface area contributed by atoms with E-state index in [-0.39, 0.29) is 18.8 Å². The average molecular weight is 300 g/mol. The van der Waals surface area contributed by atoms with Crippen LogP contribution in [0.5, 0.6) is 0 Å². The summed E-state index contributed by atoms with van der Waals surface area (Å²) >= 11 is 0. The van der Waals surface area contributed by atoms with E-state index in [2.05, 4.69) is 10.6 Å². The van der Waals surface area contributed by atoms with Gasteiger partial charge in [0.2, 0.25) is 0 Å². The maximum absolute atomic E-state index is 13.3. The van der Waals surface area contributed by atoms with Gasteiger partial charge in [-0.2, -0.15) is 0 Å². The Labute approximate surface area is 121 Å². The Bertz CT molecular complexity index is 495. The van der Waals surface area contributed by atoms with Crippen LogP contribution in [0.2, 0.25) is 0 Å². The molecule has 1 aromatic rings. The zero-order valence-electron chi connectivity index (χ0n) is 11.4. The molecule has 1 aliphatic carbocycles. The van der Waals surface area contributed by atoms with E-state index in [0.29, 0.717) is 18.6 Å². The van der Waals surface area contributed by atoms with Crippen molar-refractivity contribution in [3.8, 4) is 0 Å². The van der Waals surface area contributed by atoms with Crippen LogP contribution in [0.1, 0.15) is 12.8 Å². The van der Waals surface area contributed by atoms with Gasteiger partial charge < -0.3 is 20.5 Å². The maximum Gasteiger partial charge on any atom is 0.319 e. The van der Waals surface area contributed by atoms with Crippen molar-refractivity contribution in [2.24, 2.45) is 5.92 Å². The van der Waals surface area contributed by atoms with Crippen LogP contribution in [-0.4, -0.2) is 37.0 Å². The number of hydrogen-bond acceptors (Lipinski definition) is 3. The average Bonchev–Trinajstić information content (AvgIpc) is 3.24. The molecule has 0 saturated heterocycles. The number of nitrogens with one attached hydrogen (secondary N) is 2. The smallest absolute Gasteiger partial charge is 0.319 e. The molecule has 2 amide bonds. The number of carbonyl (C=O) groups is 1. The fraction of sp³-hybridized carbons (Fsp3) is 0.500. The molecule has 116 valence electrons. The quantitative estimate of drug-likeness (QED) is 0.720. The minimum atomic E-state index is -0.863. The van der Waals surface area contributed by atoms with Gasteiger partial charge in [-0.3, -0.25) is 0 Å². The lowest BCUT2D eigenvalue weighted by atomic mass is 10.3. The van der Waals surface area contributed by atoms with Crippen LogP contribution in [0.25, 0.3) is 0 Å². The second kappa shape index (κ2) is 7.33. The van der Waals surface area contributed by atoms with Gasteiger partial charge >= 0.3 is 6.03 Å². The van der Waals surface area contributed by atoms with E-state index in [1.165, 1.54) is 12.8 Å².